The van der Waals surface area contributed by atoms with Crippen LogP contribution >= 0.6 is 12.2 Å². The zero-order chi connectivity index (χ0) is 28.9. The first kappa shape index (κ1) is 29.3. The summed E-state index contributed by atoms with van der Waals surface area (Å²) in [6.45, 7) is 8.98. The molecule has 214 valence electrons. The van der Waals surface area contributed by atoms with E-state index in [1.807, 2.05) is 26.8 Å². The van der Waals surface area contributed by atoms with Crippen LogP contribution in [0.25, 0.3) is 0 Å². The molecule has 1 atom stereocenters. The predicted molar refractivity (Wildman–Crippen MR) is 155 cm³/mol. The van der Waals surface area contributed by atoms with Crippen LogP contribution in [0.3, 0.4) is 0 Å². The van der Waals surface area contributed by atoms with Crippen molar-refractivity contribution in [1.82, 2.24) is 20.5 Å². The zero-order valence-electron chi connectivity index (χ0n) is 23.3. The van der Waals surface area contributed by atoms with E-state index in [9.17, 15) is 14.0 Å². The Kier molecular flexibility index (Phi) is 9.24. The van der Waals surface area contributed by atoms with Crippen LogP contribution in [0.4, 0.5) is 14.9 Å². The molecule has 0 radical (unpaired) electrons. The lowest BCUT2D eigenvalue weighted by atomic mass is 10.1. The molecule has 2 amide bonds. The maximum atomic E-state index is 14.0. The summed E-state index contributed by atoms with van der Waals surface area (Å²) in [4.78, 5) is 31.6. The van der Waals surface area contributed by atoms with Crippen molar-refractivity contribution in [3.63, 3.8) is 0 Å². The van der Waals surface area contributed by atoms with Crippen LogP contribution in [0, 0.1) is 12.7 Å². The number of thiocarbonyl (C=S) groups is 1. The lowest BCUT2D eigenvalue weighted by Gasteiger charge is -2.28. The molecule has 2 aromatic rings. The molecule has 4 rings (SSSR count). The molecular formula is C29H36FN5O4S. The van der Waals surface area contributed by atoms with Crippen LogP contribution in [0.5, 0.6) is 5.75 Å². The maximum Gasteiger partial charge on any atom is 0.410 e. The number of nitrogens with zero attached hydrogens (tertiary/aromatic N) is 2. The number of carbonyl (C=O) groups excluding carboxylic acids is 2. The number of aromatic nitrogens is 1. The molecule has 0 aliphatic carbocycles. The van der Waals surface area contributed by atoms with Gasteiger partial charge in [-0.05, 0) is 58.7 Å². The Hall–Kier alpha value is -3.73. The summed E-state index contributed by atoms with van der Waals surface area (Å²) in [5.41, 5.74) is 2.21. The van der Waals surface area contributed by atoms with Crippen LogP contribution < -0.4 is 20.7 Å². The highest BCUT2D eigenvalue weighted by Crippen LogP contribution is 2.25. The molecule has 2 aliphatic heterocycles. The Balaban J connectivity index is 1.44. The fraction of sp³-hybridized carbons (Fsp3) is 0.448. The van der Waals surface area contributed by atoms with Crippen LogP contribution in [0.1, 0.15) is 51.2 Å². The van der Waals surface area contributed by atoms with Crippen molar-refractivity contribution in [3.05, 3.63) is 64.9 Å². The van der Waals surface area contributed by atoms with Gasteiger partial charge in [0.05, 0.1) is 17.8 Å². The molecule has 1 aromatic heterocycles. The Morgan fingerprint density at radius 3 is 2.88 bits per heavy atom. The second-order valence-corrected chi connectivity index (χ2v) is 11.3. The number of pyridine rings is 1. The number of hydrogen-bond acceptors (Lipinski definition) is 7. The van der Waals surface area contributed by atoms with E-state index >= 15 is 0 Å². The lowest BCUT2D eigenvalue weighted by Crippen LogP contribution is -2.42. The summed E-state index contributed by atoms with van der Waals surface area (Å²) < 4.78 is 25.7. The number of halogens is 1. The van der Waals surface area contributed by atoms with Crippen molar-refractivity contribution in [2.24, 2.45) is 0 Å². The zero-order valence-corrected chi connectivity index (χ0v) is 24.1. The fourth-order valence-electron chi connectivity index (χ4n) is 4.64. The van der Waals surface area contributed by atoms with Gasteiger partial charge in [-0.15, -0.1) is 0 Å². The first-order valence-corrected chi connectivity index (χ1v) is 13.8. The van der Waals surface area contributed by atoms with Gasteiger partial charge in [0.1, 0.15) is 28.8 Å². The van der Waals surface area contributed by atoms with Crippen molar-refractivity contribution in [2.75, 3.05) is 25.0 Å². The second kappa shape index (κ2) is 12.6. The van der Waals surface area contributed by atoms with Crippen molar-refractivity contribution in [2.45, 2.75) is 65.1 Å². The van der Waals surface area contributed by atoms with Gasteiger partial charge in [-0.2, -0.15) is 0 Å². The normalized spacial score (nSPS) is 17.4. The highest BCUT2D eigenvalue weighted by molar-refractivity contribution is 7.81. The first-order chi connectivity index (χ1) is 19.0. The van der Waals surface area contributed by atoms with Crippen molar-refractivity contribution in [1.29, 1.82) is 0 Å². The second-order valence-electron chi connectivity index (χ2n) is 10.8. The number of nitrogens with one attached hydrogen (secondary N) is 3. The monoisotopic (exact) mass is 569 g/mol. The van der Waals surface area contributed by atoms with Gasteiger partial charge in [-0.25, -0.2) is 9.18 Å². The minimum absolute atomic E-state index is 0.0954. The van der Waals surface area contributed by atoms with Crippen molar-refractivity contribution < 1.29 is 23.5 Å². The van der Waals surface area contributed by atoms with E-state index in [1.165, 1.54) is 6.07 Å². The SMILES string of the molecule is Cc1c(F)cccc1NC(=S)C1=C(NCc2ccncc2OC[C@@H]2CCCN2C(=O)OC(C)(C)C)CCNC1=O. The van der Waals surface area contributed by atoms with Gasteiger partial charge in [0.15, 0.2) is 0 Å². The largest absolute Gasteiger partial charge is 0.489 e. The smallest absolute Gasteiger partial charge is 0.410 e. The standard InChI is InChI=1S/C29H36FN5O4S/c1-18-21(30)8-5-9-22(18)34-27(40)25-23(11-13-32-26(25)36)33-15-19-10-12-31-16-24(19)38-17-20-7-6-14-35(20)28(37)39-29(2,3)4/h5,8-10,12,16,20,33H,6-7,11,13-15,17H2,1-4H3,(H,32,36)(H,34,40)/t20-/m0/s1. The highest BCUT2D eigenvalue weighted by atomic mass is 32.1. The number of rotatable bonds is 8. The molecule has 0 saturated carbocycles. The molecule has 11 heteroatoms. The average molecular weight is 570 g/mol. The van der Waals surface area contributed by atoms with Crippen molar-refractivity contribution in [3.8, 4) is 5.75 Å². The summed E-state index contributed by atoms with van der Waals surface area (Å²) in [5.74, 6) is -0.0650. The molecule has 1 saturated heterocycles. The molecule has 1 fully saturated rings. The van der Waals surface area contributed by atoms with Crippen molar-refractivity contribution >= 4 is 34.9 Å². The van der Waals surface area contributed by atoms with E-state index < -0.39 is 5.60 Å². The van der Waals surface area contributed by atoms with E-state index in [2.05, 4.69) is 20.9 Å². The summed E-state index contributed by atoms with van der Waals surface area (Å²) >= 11 is 5.57. The number of benzene rings is 1. The maximum absolute atomic E-state index is 14.0. The first-order valence-electron chi connectivity index (χ1n) is 13.4. The molecule has 2 aliphatic rings. The van der Waals surface area contributed by atoms with Gasteiger partial charge < -0.3 is 30.3 Å². The Labute approximate surface area is 239 Å². The Morgan fingerprint density at radius 2 is 2.10 bits per heavy atom. The predicted octanol–water partition coefficient (Wildman–Crippen LogP) is 4.61. The molecule has 0 spiro atoms. The molecule has 0 unspecified atom stereocenters. The number of carbonyl (C=O) groups is 2. The van der Waals surface area contributed by atoms with Gasteiger partial charge in [0.2, 0.25) is 0 Å². The minimum Gasteiger partial charge on any atom is -0.489 e. The molecule has 9 nitrogen and oxygen atoms in total. The molecule has 0 bridgehead atoms. The number of hydrogen-bond donors (Lipinski definition) is 3. The van der Waals surface area contributed by atoms with Gasteiger partial charge in [0, 0.05) is 54.8 Å². The third-order valence-corrected chi connectivity index (χ3v) is 7.04. The Morgan fingerprint density at radius 1 is 1.30 bits per heavy atom. The molecule has 1 aromatic carbocycles. The van der Waals surface area contributed by atoms with Gasteiger partial charge in [-0.3, -0.25) is 9.78 Å². The van der Waals surface area contributed by atoms with Crippen LogP contribution in [-0.4, -0.2) is 58.2 Å². The Bertz CT molecular complexity index is 1310. The average Bonchev–Trinajstić information content (AvgIpc) is 3.37. The van der Waals surface area contributed by atoms with E-state index in [4.69, 9.17) is 21.7 Å². The fourth-order valence-corrected chi connectivity index (χ4v) is 4.96. The van der Waals surface area contributed by atoms with E-state index in [0.29, 0.717) is 60.9 Å². The molecule has 3 heterocycles. The minimum atomic E-state index is -0.565. The molecule has 40 heavy (non-hydrogen) atoms. The van der Waals surface area contributed by atoms with Crippen LogP contribution in [0.2, 0.25) is 0 Å². The number of likely N-dealkylation sites (tertiary alicyclic amines) is 1. The van der Waals surface area contributed by atoms with E-state index in [1.54, 1.807) is 36.4 Å². The summed E-state index contributed by atoms with van der Waals surface area (Å²) in [6, 6.07) is 6.43. The summed E-state index contributed by atoms with van der Waals surface area (Å²) in [6.07, 6.45) is 5.25. The topological polar surface area (TPSA) is 105 Å². The van der Waals surface area contributed by atoms with Gasteiger partial charge >= 0.3 is 6.09 Å². The number of anilines is 1. The molecular weight excluding hydrogens is 533 g/mol. The number of amides is 2. The van der Waals surface area contributed by atoms with E-state index in [0.717, 1.165) is 18.4 Å². The summed E-state index contributed by atoms with van der Waals surface area (Å²) in [7, 11) is 0. The number of ether oxygens (including phenoxy) is 2. The van der Waals surface area contributed by atoms with Crippen LogP contribution in [0.15, 0.2) is 47.9 Å². The molecule has 3 N–H and O–H groups in total. The lowest BCUT2D eigenvalue weighted by molar-refractivity contribution is -0.117. The third kappa shape index (κ3) is 7.26. The van der Waals surface area contributed by atoms with Gasteiger partial charge in [0.25, 0.3) is 5.91 Å². The highest BCUT2D eigenvalue weighted by Gasteiger charge is 2.33. The van der Waals surface area contributed by atoms with Gasteiger partial charge in [-0.1, -0.05) is 18.3 Å². The quantitative estimate of drug-likeness (QED) is 0.396. The van der Waals surface area contributed by atoms with E-state index in [-0.39, 0.29) is 28.8 Å². The summed E-state index contributed by atoms with van der Waals surface area (Å²) in [5, 5.41) is 9.21. The van der Waals surface area contributed by atoms with Crippen LogP contribution in [-0.2, 0) is 16.1 Å². The third-order valence-electron chi connectivity index (χ3n) is 6.73.